The minimum atomic E-state index is -0.872. The number of halogens is 3. The van der Waals surface area contributed by atoms with Gasteiger partial charge in [0.2, 0.25) is 0 Å². The van der Waals surface area contributed by atoms with Crippen molar-refractivity contribution in [2.45, 2.75) is 0 Å². The minimum Gasteiger partial charge on any atom is -0.354 e. The van der Waals surface area contributed by atoms with E-state index in [9.17, 15) is 18.0 Å². The van der Waals surface area contributed by atoms with Gasteiger partial charge in [0.15, 0.2) is 0 Å². The van der Waals surface area contributed by atoms with Crippen molar-refractivity contribution in [3.63, 3.8) is 0 Å². The fourth-order valence-corrected chi connectivity index (χ4v) is 2.10. The third-order valence-corrected chi connectivity index (χ3v) is 3.33. The number of anilines is 3. The van der Waals surface area contributed by atoms with Crippen LogP contribution in [0.25, 0.3) is 0 Å². The van der Waals surface area contributed by atoms with Gasteiger partial charge in [-0.25, -0.2) is 18.2 Å². The maximum atomic E-state index is 13.5. The number of para-hydroxylation sites is 1. The molecular weight excluding hydrogens is 331 g/mol. The minimum absolute atomic E-state index is 0.00712. The molecule has 3 rings (SSSR count). The summed E-state index contributed by atoms with van der Waals surface area (Å²) in [4.78, 5) is 16.0. The second-order valence-electron chi connectivity index (χ2n) is 5.11. The average molecular weight is 343 g/mol. The molecule has 4 nitrogen and oxygen atoms in total. The summed E-state index contributed by atoms with van der Waals surface area (Å²) in [6.07, 6.45) is 1.38. The normalized spacial score (nSPS) is 10.4. The fraction of sp³-hybridized carbons (Fsp3) is 0. The Morgan fingerprint density at radius 1 is 0.840 bits per heavy atom. The van der Waals surface area contributed by atoms with Crippen LogP contribution in [0.2, 0.25) is 0 Å². The van der Waals surface area contributed by atoms with Crippen molar-refractivity contribution in [2.75, 3.05) is 10.6 Å². The van der Waals surface area contributed by atoms with Gasteiger partial charge in [0.25, 0.3) is 5.91 Å². The number of benzene rings is 2. The predicted molar refractivity (Wildman–Crippen MR) is 88.2 cm³/mol. The van der Waals surface area contributed by atoms with Crippen molar-refractivity contribution in [3.8, 4) is 0 Å². The van der Waals surface area contributed by atoms with Crippen LogP contribution >= 0.6 is 0 Å². The zero-order chi connectivity index (χ0) is 17.8. The number of amides is 1. The first kappa shape index (κ1) is 16.5. The van der Waals surface area contributed by atoms with Gasteiger partial charge in [-0.3, -0.25) is 4.79 Å². The predicted octanol–water partition coefficient (Wildman–Crippen LogP) is 4.49. The van der Waals surface area contributed by atoms with Crippen LogP contribution in [-0.4, -0.2) is 10.9 Å². The van der Waals surface area contributed by atoms with Crippen LogP contribution in [0.15, 0.2) is 60.8 Å². The molecule has 2 aromatic carbocycles. The highest BCUT2D eigenvalue weighted by molar-refractivity contribution is 6.03. The first-order chi connectivity index (χ1) is 12.0. The van der Waals surface area contributed by atoms with Crippen molar-refractivity contribution in [2.24, 2.45) is 0 Å². The average Bonchev–Trinajstić information content (AvgIpc) is 2.61. The van der Waals surface area contributed by atoms with Gasteiger partial charge in [0, 0.05) is 5.69 Å². The Balaban J connectivity index is 1.71. The topological polar surface area (TPSA) is 54.0 Å². The lowest BCUT2D eigenvalue weighted by Crippen LogP contribution is -2.15. The van der Waals surface area contributed by atoms with Gasteiger partial charge >= 0.3 is 0 Å². The molecule has 0 radical (unpaired) electrons. The molecule has 1 amide bonds. The number of carbonyl (C=O) groups is 1. The zero-order valence-electron chi connectivity index (χ0n) is 12.8. The second kappa shape index (κ2) is 7.04. The molecule has 0 atom stereocenters. The molecular formula is C18H12F3N3O. The van der Waals surface area contributed by atoms with Crippen molar-refractivity contribution < 1.29 is 18.0 Å². The van der Waals surface area contributed by atoms with E-state index >= 15 is 0 Å². The van der Waals surface area contributed by atoms with Crippen molar-refractivity contribution >= 4 is 23.0 Å². The molecule has 0 bridgehead atoms. The van der Waals surface area contributed by atoms with Crippen LogP contribution in [0, 0.1) is 17.5 Å². The van der Waals surface area contributed by atoms with E-state index in [1.807, 2.05) is 0 Å². The summed E-state index contributed by atoms with van der Waals surface area (Å²) in [5.41, 5.74) is 0.684. The van der Waals surface area contributed by atoms with Gasteiger partial charge < -0.3 is 10.6 Å². The Morgan fingerprint density at radius 2 is 1.48 bits per heavy atom. The van der Waals surface area contributed by atoms with E-state index in [2.05, 4.69) is 15.6 Å². The summed E-state index contributed by atoms with van der Waals surface area (Å²) in [7, 11) is 0. The smallest absolute Gasteiger partial charge is 0.274 e. The van der Waals surface area contributed by atoms with Crippen LogP contribution < -0.4 is 10.6 Å². The molecule has 0 fully saturated rings. The molecule has 0 saturated heterocycles. The van der Waals surface area contributed by atoms with Crippen LogP contribution in [0.3, 0.4) is 0 Å². The van der Waals surface area contributed by atoms with Crippen LogP contribution in [-0.2, 0) is 0 Å². The van der Waals surface area contributed by atoms with Crippen LogP contribution in [0.4, 0.5) is 30.2 Å². The van der Waals surface area contributed by atoms with E-state index in [4.69, 9.17) is 0 Å². The van der Waals surface area contributed by atoms with Gasteiger partial charge in [0.05, 0.1) is 11.9 Å². The van der Waals surface area contributed by atoms with Crippen molar-refractivity contribution in [1.82, 2.24) is 4.98 Å². The van der Waals surface area contributed by atoms with E-state index in [1.54, 1.807) is 18.2 Å². The SMILES string of the molecule is O=C(Nc1c(F)cccc1F)c1ccc(Nc2ccc(F)cc2)cn1. The summed E-state index contributed by atoms with van der Waals surface area (Å²) in [6.45, 7) is 0. The summed E-state index contributed by atoms with van der Waals surface area (Å²) in [5, 5.41) is 5.14. The van der Waals surface area contributed by atoms with Crippen molar-refractivity contribution in [3.05, 3.63) is 83.9 Å². The largest absolute Gasteiger partial charge is 0.354 e. The standard InChI is InChI=1S/C18H12F3N3O/c19-11-4-6-12(7-5-11)23-13-8-9-16(22-10-13)18(25)24-17-14(20)2-1-3-15(17)21/h1-10,23H,(H,24,25). The van der Waals surface area contributed by atoms with Crippen LogP contribution in [0.1, 0.15) is 10.5 Å². The van der Waals surface area contributed by atoms with E-state index < -0.39 is 23.2 Å². The lowest BCUT2D eigenvalue weighted by Gasteiger charge is -2.09. The lowest BCUT2D eigenvalue weighted by atomic mass is 10.2. The Labute approximate surface area is 141 Å². The third-order valence-electron chi connectivity index (χ3n) is 3.33. The Kier molecular flexibility index (Phi) is 4.65. The monoisotopic (exact) mass is 343 g/mol. The highest BCUT2D eigenvalue weighted by Crippen LogP contribution is 2.20. The Morgan fingerprint density at radius 3 is 2.08 bits per heavy atom. The van der Waals surface area contributed by atoms with Gasteiger partial charge in [0.1, 0.15) is 28.8 Å². The third kappa shape index (κ3) is 3.95. The number of pyridine rings is 1. The van der Waals surface area contributed by atoms with Crippen molar-refractivity contribution in [1.29, 1.82) is 0 Å². The summed E-state index contributed by atoms with van der Waals surface area (Å²) < 4.78 is 40.0. The molecule has 0 unspecified atom stereocenters. The van der Waals surface area contributed by atoms with Gasteiger partial charge in [-0.1, -0.05) is 6.07 Å². The molecule has 7 heteroatoms. The number of hydrogen-bond acceptors (Lipinski definition) is 3. The number of nitrogens with one attached hydrogen (secondary N) is 2. The number of carbonyl (C=O) groups excluding carboxylic acids is 1. The molecule has 25 heavy (non-hydrogen) atoms. The molecule has 0 aliphatic carbocycles. The second-order valence-corrected chi connectivity index (χ2v) is 5.11. The molecule has 3 aromatic rings. The highest BCUT2D eigenvalue weighted by Gasteiger charge is 2.14. The maximum absolute atomic E-state index is 13.5. The van der Waals surface area contributed by atoms with E-state index in [0.717, 1.165) is 12.1 Å². The Bertz CT molecular complexity index is 876. The molecule has 126 valence electrons. The lowest BCUT2D eigenvalue weighted by molar-refractivity contribution is 0.102. The highest BCUT2D eigenvalue weighted by atomic mass is 19.1. The molecule has 0 aliphatic rings. The van der Waals surface area contributed by atoms with E-state index in [0.29, 0.717) is 11.4 Å². The summed E-state index contributed by atoms with van der Waals surface area (Å²) in [5.74, 6) is -2.83. The number of hydrogen-bond donors (Lipinski definition) is 2. The van der Waals surface area contributed by atoms with E-state index in [1.165, 1.54) is 30.5 Å². The van der Waals surface area contributed by atoms with Gasteiger partial charge in [-0.05, 0) is 48.5 Å². The maximum Gasteiger partial charge on any atom is 0.274 e. The summed E-state index contributed by atoms with van der Waals surface area (Å²) >= 11 is 0. The Hall–Kier alpha value is -3.35. The molecule has 0 saturated carbocycles. The number of aromatic nitrogens is 1. The van der Waals surface area contributed by atoms with Crippen LogP contribution in [0.5, 0.6) is 0 Å². The van der Waals surface area contributed by atoms with E-state index in [-0.39, 0.29) is 11.5 Å². The fourth-order valence-electron chi connectivity index (χ4n) is 2.10. The quantitative estimate of drug-likeness (QED) is 0.734. The number of rotatable bonds is 4. The van der Waals surface area contributed by atoms with Gasteiger partial charge in [-0.15, -0.1) is 0 Å². The summed E-state index contributed by atoms with van der Waals surface area (Å²) in [6, 6.07) is 12.0. The first-order valence-electron chi connectivity index (χ1n) is 7.27. The molecule has 0 spiro atoms. The van der Waals surface area contributed by atoms with Gasteiger partial charge in [-0.2, -0.15) is 0 Å². The molecule has 1 heterocycles. The zero-order valence-corrected chi connectivity index (χ0v) is 12.8. The molecule has 1 aromatic heterocycles. The molecule has 0 aliphatic heterocycles. The molecule has 2 N–H and O–H groups in total. The first-order valence-corrected chi connectivity index (χ1v) is 7.27. The number of nitrogens with zero attached hydrogens (tertiary/aromatic N) is 1.